The number of rotatable bonds is 8. The van der Waals surface area contributed by atoms with Crippen molar-refractivity contribution in [2.75, 3.05) is 0 Å². The van der Waals surface area contributed by atoms with Gasteiger partial charge in [-0.3, -0.25) is 19.2 Å². The molecule has 28 heavy (non-hydrogen) atoms. The predicted molar refractivity (Wildman–Crippen MR) is 90.8 cm³/mol. The summed E-state index contributed by atoms with van der Waals surface area (Å²) >= 11 is 0. The van der Waals surface area contributed by atoms with Gasteiger partial charge in [0.05, 0.1) is 0 Å². The number of furan rings is 2. The fourth-order valence-electron chi connectivity index (χ4n) is 1.82. The fraction of sp³-hybridized carbons (Fsp3) is 0.250. The van der Waals surface area contributed by atoms with Crippen molar-refractivity contribution in [2.24, 2.45) is 0 Å². The van der Waals surface area contributed by atoms with Gasteiger partial charge >= 0.3 is 61.6 Å². The van der Waals surface area contributed by atoms with Crippen LogP contribution in [0.4, 0.5) is 0 Å². The van der Waals surface area contributed by atoms with E-state index >= 15 is 0 Å². The van der Waals surface area contributed by atoms with Gasteiger partial charge in [-0.05, 0) is 24.3 Å². The van der Waals surface area contributed by atoms with Gasteiger partial charge in [0, 0.05) is 19.5 Å². The minimum Gasteiger partial charge on any atom is -1.00 e. The average molecular weight is 476 g/mol. The van der Waals surface area contributed by atoms with Crippen LogP contribution >= 0.6 is 0 Å². The third-order valence-electron chi connectivity index (χ3n) is 2.74. The zero-order valence-electron chi connectivity index (χ0n) is 16.8. The Kier molecular flexibility index (Phi) is 14.6. The van der Waals surface area contributed by atoms with E-state index in [0.29, 0.717) is 0 Å². The van der Waals surface area contributed by atoms with Crippen LogP contribution in [0.15, 0.2) is 33.1 Å². The van der Waals surface area contributed by atoms with Crippen LogP contribution in [0, 0.1) is 0 Å². The molecule has 0 saturated heterocycles. The normalized spacial score (nSPS) is 9.14. The van der Waals surface area contributed by atoms with Crippen molar-refractivity contribution in [2.45, 2.75) is 25.7 Å². The van der Waals surface area contributed by atoms with E-state index in [0.717, 1.165) is 0 Å². The summed E-state index contributed by atoms with van der Waals surface area (Å²) in [7, 11) is 0. The number of carboxylic acid groups (broad SMARTS) is 4. The Bertz CT molecular complexity index is 678. The number of carboxylic acids is 4. The van der Waals surface area contributed by atoms with Crippen LogP contribution in [0.1, 0.15) is 25.9 Å². The van der Waals surface area contributed by atoms with E-state index in [-0.39, 0.29) is 109 Å². The molecule has 0 amide bonds. The zero-order chi connectivity index (χ0) is 19.7. The van der Waals surface area contributed by atoms with Crippen molar-refractivity contribution in [3.8, 4) is 0 Å². The molecular weight excluding hydrogens is 458 g/mol. The Balaban J connectivity index is -0.000000199. The van der Waals surface area contributed by atoms with E-state index in [1.165, 1.54) is 24.3 Å². The summed E-state index contributed by atoms with van der Waals surface area (Å²) in [5.41, 5.74) is 0. The van der Waals surface area contributed by atoms with Gasteiger partial charge < -0.3 is 32.1 Å². The molecule has 10 nitrogen and oxygen atoms in total. The van der Waals surface area contributed by atoms with E-state index in [4.69, 9.17) is 29.3 Å². The predicted octanol–water partition coefficient (Wildman–Crippen LogP) is 0.909. The van der Waals surface area contributed by atoms with Crippen LogP contribution in [-0.4, -0.2) is 82.0 Å². The molecule has 0 radical (unpaired) electrons. The van der Waals surface area contributed by atoms with Gasteiger partial charge in [-0.2, -0.15) is 0 Å². The molecule has 2 rings (SSSR count). The molecule has 0 unspecified atom stereocenters. The Morgan fingerprint density at radius 2 is 0.786 bits per heavy atom. The second-order valence-electron chi connectivity index (χ2n) is 5.02. The van der Waals surface area contributed by atoms with E-state index in [1.54, 1.807) is 0 Å². The SMILES string of the molecule is O=C(O)Cc1ccc(CC(=O)O)o1.O=C(O)Cc1ccc(CC(=O)O)o1.[Ca+2].[H-].[H-].[Zn]. The van der Waals surface area contributed by atoms with Crippen molar-refractivity contribution in [3.63, 3.8) is 0 Å². The average Bonchev–Trinajstić information content (AvgIpc) is 3.07. The quantitative estimate of drug-likeness (QED) is 0.401. The van der Waals surface area contributed by atoms with Gasteiger partial charge in [-0.15, -0.1) is 0 Å². The van der Waals surface area contributed by atoms with Crippen LogP contribution in [0.25, 0.3) is 0 Å². The number of hydrogen-bond donors (Lipinski definition) is 4. The molecule has 0 aliphatic heterocycles. The molecule has 0 aliphatic rings. The minimum absolute atomic E-state index is 0. The van der Waals surface area contributed by atoms with Gasteiger partial charge in [-0.1, -0.05) is 0 Å². The summed E-state index contributed by atoms with van der Waals surface area (Å²) in [6, 6.07) is 5.86. The third-order valence-corrected chi connectivity index (χ3v) is 2.74. The van der Waals surface area contributed by atoms with Crippen molar-refractivity contribution in [1.82, 2.24) is 0 Å². The first-order valence-electron chi connectivity index (χ1n) is 7.18. The van der Waals surface area contributed by atoms with Crippen LogP contribution in [0.2, 0.25) is 0 Å². The first-order chi connectivity index (χ1) is 12.2. The Morgan fingerprint density at radius 3 is 0.929 bits per heavy atom. The van der Waals surface area contributed by atoms with Crippen LogP contribution in [0.3, 0.4) is 0 Å². The smallest absolute Gasteiger partial charge is 1.00 e. The minimum atomic E-state index is -1.00. The monoisotopic (exact) mass is 474 g/mol. The molecule has 0 aromatic carbocycles. The zero-order valence-corrected chi connectivity index (χ0v) is 20.0. The molecule has 0 saturated carbocycles. The van der Waals surface area contributed by atoms with Crippen molar-refractivity contribution < 1.29 is 70.8 Å². The molecule has 2 aromatic rings. The van der Waals surface area contributed by atoms with Crippen LogP contribution in [0.5, 0.6) is 0 Å². The molecule has 2 heterocycles. The first kappa shape index (κ1) is 28.5. The van der Waals surface area contributed by atoms with Gasteiger partial charge in [0.1, 0.15) is 48.7 Å². The molecule has 4 N–H and O–H groups in total. The molecule has 0 spiro atoms. The first-order valence-corrected chi connectivity index (χ1v) is 7.18. The number of hydrogen-bond acceptors (Lipinski definition) is 6. The van der Waals surface area contributed by atoms with Gasteiger partial charge in [0.25, 0.3) is 0 Å². The van der Waals surface area contributed by atoms with Crippen molar-refractivity contribution in [3.05, 3.63) is 47.3 Å². The van der Waals surface area contributed by atoms with Crippen molar-refractivity contribution in [1.29, 1.82) is 0 Å². The molecule has 146 valence electrons. The van der Waals surface area contributed by atoms with Crippen molar-refractivity contribution >= 4 is 61.6 Å². The molecule has 2 aromatic heterocycles. The molecule has 0 aliphatic carbocycles. The maximum absolute atomic E-state index is 10.2. The van der Waals surface area contributed by atoms with Gasteiger partial charge in [0.2, 0.25) is 0 Å². The Hall–Kier alpha value is -1.68. The van der Waals surface area contributed by atoms with Crippen LogP contribution in [-0.2, 0) is 64.3 Å². The summed E-state index contributed by atoms with van der Waals surface area (Å²) < 4.78 is 9.89. The third kappa shape index (κ3) is 12.7. The molecule has 12 heteroatoms. The van der Waals surface area contributed by atoms with E-state index in [9.17, 15) is 19.2 Å². The summed E-state index contributed by atoms with van der Waals surface area (Å²) in [6.45, 7) is 0. The van der Waals surface area contributed by atoms with Gasteiger partial charge in [0.15, 0.2) is 0 Å². The maximum atomic E-state index is 10.2. The summed E-state index contributed by atoms with van der Waals surface area (Å²) in [5.74, 6) is -2.94. The summed E-state index contributed by atoms with van der Waals surface area (Å²) in [6.07, 6.45) is -0.890. The van der Waals surface area contributed by atoms with Gasteiger partial charge in [-0.25, -0.2) is 0 Å². The van der Waals surface area contributed by atoms with Crippen LogP contribution < -0.4 is 0 Å². The standard InChI is InChI=1S/2C8H8O5.Ca.Zn.2H/c2*9-7(10)3-5-1-2-6(13-5)4-8(11)12;;;;/h2*1-2H,3-4H2,(H,9,10)(H,11,12);;;;/q;;+2;;2*-1. The molecule has 0 bridgehead atoms. The summed E-state index contributed by atoms with van der Waals surface area (Å²) in [5, 5.41) is 33.5. The summed E-state index contributed by atoms with van der Waals surface area (Å²) in [4.78, 5) is 40.9. The number of aliphatic carboxylic acids is 4. The second-order valence-corrected chi connectivity index (χ2v) is 5.02. The molecular formula is C16H18CaO10Zn. The van der Waals surface area contributed by atoms with E-state index < -0.39 is 23.9 Å². The Morgan fingerprint density at radius 1 is 0.607 bits per heavy atom. The largest absolute Gasteiger partial charge is 2.00 e. The second kappa shape index (κ2) is 14.3. The molecule has 0 fully saturated rings. The van der Waals surface area contributed by atoms with E-state index in [1.807, 2.05) is 0 Å². The topological polar surface area (TPSA) is 175 Å². The molecule has 0 atom stereocenters. The Labute approximate surface area is 204 Å². The maximum Gasteiger partial charge on any atom is 2.00 e. The fourth-order valence-corrected chi connectivity index (χ4v) is 1.82. The van der Waals surface area contributed by atoms with E-state index in [2.05, 4.69) is 0 Å². The number of carbonyl (C=O) groups is 4.